The number of carbonyl (C=O) groups is 2. The van der Waals surface area contributed by atoms with Gasteiger partial charge in [-0.1, -0.05) is 18.2 Å². The minimum atomic E-state index is -0.296. The number of carbonyl (C=O) groups excluding carboxylic acids is 2. The monoisotopic (exact) mass is 349 g/mol. The van der Waals surface area contributed by atoms with E-state index in [1.54, 1.807) is 31.2 Å². The summed E-state index contributed by atoms with van der Waals surface area (Å²) < 4.78 is 1.48. The van der Waals surface area contributed by atoms with Gasteiger partial charge in [0.05, 0.1) is 5.52 Å². The maximum absolute atomic E-state index is 12.5. The summed E-state index contributed by atoms with van der Waals surface area (Å²) >= 11 is 0. The average Bonchev–Trinajstić information content (AvgIpc) is 2.60. The van der Waals surface area contributed by atoms with E-state index in [1.165, 1.54) is 11.5 Å². The van der Waals surface area contributed by atoms with Crippen LogP contribution in [0.25, 0.3) is 10.9 Å². The number of para-hydroxylation sites is 1. The zero-order valence-electron chi connectivity index (χ0n) is 14.6. The van der Waals surface area contributed by atoms with Crippen molar-refractivity contribution in [3.8, 4) is 0 Å². The SMILES string of the molecule is CC(=O)Nc1ccc(NC(=O)Cn2c(=O)c(C)cc3ccccc32)cc1. The van der Waals surface area contributed by atoms with Crippen molar-refractivity contribution < 1.29 is 9.59 Å². The van der Waals surface area contributed by atoms with Gasteiger partial charge in [-0.3, -0.25) is 19.0 Å². The molecule has 2 N–H and O–H groups in total. The molecule has 0 bridgehead atoms. The predicted octanol–water partition coefficient (Wildman–Crippen LogP) is 2.91. The first-order valence-electron chi connectivity index (χ1n) is 8.21. The van der Waals surface area contributed by atoms with E-state index in [0.29, 0.717) is 16.9 Å². The van der Waals surface area contributed by atoms with Gasteiger partial charge in [-0.2, -0.15) is 0 Å². The van der Waals surface area contributed by atoms with Gasteiger partial charge < -0.3 is 10.6 Å². The highest BCUT2D eigenvalue weighted by atomic mass is 16.2. The number of anilines is 2. The number of pyridine rings is 1. The van der Waals surface area contributed by atoms with E-state index in [9.17, 15) is 14.4 Å². The van der Waals surface area contributed by atoms with Crippen molar-refractivity contribution in [2.24, 2.45) is 0 Å². The van der Waals surface area contributed by atoms with Gasteiger partial charge in [-0.05, 0) is 48.7 Å². The molecule has 0 aliphatic heterocycles. The zero-order chi connectivity index (χ0) is 18.7. The van der Waals surface area contributed by atoms with Crippen LogP contribution >= 0.6 is 0 Å². The molecule has 1 aromatic heterocycles. The number of aryl methyl sites for hydroxylation is 1. The van der Waals surface area contributed by atoms with E-state index >= 15 is 0 Å². The van der Waals surface area contributed by atoms with Crippen LogP contribution in [0, 0.1) is 6.92 Å². The molecule has 0 fully saturated rings. The summed E-state index contributed by atoms with van der Waals surface area (Å²) in [5.74, 6) is -0.456. The lowest BCUT2D eigenvalue weighted by Gasteiger charge is -2.12. The molecule has 0 radical (unpaired) electrons. The Kier molecular flexibility index (Phi) is 4.84. The number of nitrogens with zero attached hydrogens (tertiary/aromatic N) is 1. The van der Waals surface area contributed by atoms with E-state index in [1.807, 2.05) is 30.3 Å². The summed E-state index contributed by atoms with van der Waals surface area (Å²) in [5.41, 5.74) is 2.38. The summed E-state index contributed by atoms with van der Waals surface area (Å²) in [6, 6.07) is 16.1. The first-order chi connectivity index (χ1) is 12.4. The van der Waals surface area contributed by atoms with Crippen LogP contribution < -0.4 is 16.2 Å². The summed E-state index contributed by atoms with van der Waals surface area (Å²) in [6.45, 7) is 3.10. The molecule has 0 aliphatic carbocycles. The van der Waals surface area contributed by atoms with Gasteiger partial charge in [0, 0.05) is 23.9 Å². The number of aromatic nitrogens is 1. The first kappa shape index (κ1) is 17.4. The van der Waals surface area contributed by atoms with E-state index < -0.39 is 0 Å². The molecule has 3 rings (SSSR count). The molecular formula is C20H19N3O3. The van der Waals surface area contributed by atoms with Crippen LogP contribution in [0.5, 0.6) is 0 Å². The highest BCUT2D eigenvalue weighted by Crippen LogP contribution is 2.15. The topological polar surface area (TPSA) is 80.2 Å². The highest BCUT2D eigenvalue weighted by Gasteiger charge is 2.10. The maximum Gasteiger partial charge on any atom is 0.254 e. The Balaban J connectivity index is 1.80. The Morgan fingerprint density at radius 3 is 2.23 bits per heavy atom. The van der Waals surface area contributed by atoms with Crippen LogP contribution in [0.4, 0.5) is 11.4 Å². The first-order valence-corrected chi connectivity index (χ1v) is 8.21. The normalized spacial score (nSPS) is 10.5. The van der Waals surface area contributed by atoms with Crippen molar-refractivity contribution in [3.63, 3.8) is 0 Å². The Labute approximate surface area is 150 Å². The van der Waals surface area contributed by atoms with E-state index in [4.69, 9.17) is 0 Å². The lowest BCUT2D eigenvalue weighted by Crippen LogP contribution is -2.29. The molecule has 0 unspecified atom stereocenters. The number of amides is 2. The molecule has 26 heavy (non-hydrogen) atoms. The largest absolute Gasteiger partial charge is 0.326 e. The van der Waals surface area contributed by atoms with Gasteiger partial charge in [0.2, 0.25) is 11.8 Å². The minimum Gasteiger partial charge on any atom is -0.326 e. The molecule has 2 aromatic carbocycles. The average molecular weight is 349 g/mol. The van der Waals surface area contributed by atoms with E-state index in [2.05, 4.69) is 10.6 Å². The third-order valence-corrected chi connectivity index (χ3v) is 3.97. The van der Waals surface area contributed by atoms with Crippen molar-refractivity contribution >= 4 is 34.1 Å². The Bertz CT molecular complexity index is 1040. The molecule has 132 valence electrons. The van der Waals surface area contributed by atoms with Crippen molar-refractivity contribution in [1.82, 2.24) is 4.57 Å². The van der Waals surface area contributed by atoms with Crippen LogP contribution in [-0.2, 0) is 16.1 Å². The molecule has 6 heteroatoms. The lowest BCUT2D eigenvalue weighted by molar-refractivity contribution is -0.117. The van der Waals surface area contributed by atoms with Crippen molar-refractivity contribution in [3.05, 3.63) is 70.5 Å². The second kappa shape index (κ2) is 7.23. The van der Waals surface area contributed by atoms with Crippen molar-refractivity contribution in [1.29, 1.82) is 0 Å². The number of hydrogen-bond acceptors (Lipinski definition) is 3. The Hall–Kier alpha value is -3.41. The van der Waals surface area contributed by atoms with Gasteiger partial charge >= 0.3 is 0 Å². The van der Waals surface area contributed by atoms with Crippen LogP contribution in [0.15, 0.2) is 59.4 Å². The van der Waals surface area contributed by atoms with Gasteiger partial charge in [0.1, 0.15) is 6.54 Å². The summed E-state index contributed by atoms with van der Waals surface area (Å²) in [4.78, 5) is 35.9. The quantitative estimate of drug-likeness (QED) is 0.760. The van der Waals surface area contributed by atoms with Crippen LogP contribution in [-0.4, -0.2) is 16.4 Å². The second-order valence-corrected chi connectivity index (χ2v) is 6.08. The summed E-state index contributed by atoms with van der Waals surface area (Å²) in [7, 11) is 0. The third kappa shape index (κ3) is 3.80. The van der Waals surface area contributed by atoms with Crippen molar-refractivity contribution in [2.45, 2.75) is 20.4 Å². The van der Waals surface area contributed by atoms with Gasteiger partial charge in [0.15, 0.2) is 0 Å². The second-order valence-electron chi connectivity index (χ2n) is 6.08. The number of fused-ring (bicyclic) bond motifs is 1. The predicted molar refractivity (Wildman–Crippen MR) is 102 cm³/mol. The fourth-order valence-corrected chi connectivity index (χ4v) is 2.81. The molecule has 0 saturated carbocycles. The molecular weight excluding hydrogens is 330 g/mol. The van der Waals surface area contributed by atoms with E-state index in [0.717, 1.165) is 10.9 Å². The molecule has 1 heterocycles. The molecule has 2 amide bonds. The molecule has 3 aromatic rings. The molecule has 0 spiro atoms. The van der Waals surface area contributed by atoms with Crippen LogP contribution in [0.1, 0.15) is 12.5 Å². The molecule has 0 saturated heterocycles. The Morgan fingerprint density at radius 2 is 1.58 bits per heavy atom. The van der Waals surface area contributed by atoms with E-state index in [-0.39, 0.29) is 23.9 Å². The smallest absolute Gasteiger partial charge is 0.254 e. The van der Waals surface area contributed by atoms with Gasteiger partial charge in [0.25, 0.3) is 5.56 Å². The standard InChI is InChI=1S/C20H19N3O3/c1-13-11-15-5-3-4-6-18(15)23(20(13)26)12-19(25)22-17-9-7-16(8-10-17)21-14(2)24/h3-11H,12H2,1-2H3,(H,21,24)(H,22,25). The van der Waals surface area contributed by atoms with Gasteiger partial charge in [-0.15, -0.1) is 0 Å². The zero-order valence-corrected chi connectivity index (χ0v) is 14.6. The number of nitrogens with one attached hydrogen (secondary N) is 2. The number of benzene rings is 2. The third-order valence-electron chi connectivity index (χ3n) is 3.97. The van der Waals surface area contributed by atoms with Crippen LogP contribution in [0.2, 0.25) is 0 Å². The highest BCUT2D eigenvalue weighted by molar-refractivity contribution is 5.93. The molecule has 6 nitrogen and oxygen atoms in total. The fourth-order valence-electron chi connectivity index (χ4n) is 2.81. The molecule has 0 aliphatic rings. The Morgan fingerprint density at radius 1 is 0.962 bits per heavy atom. The minimum absolute atomic E-state index is 0.0749. The lowest BCUT2D eigenvalue weighted by atomic mass is 10.1. The summed E-state index contributed by atoms with van der Waals surface area (Å²) in [5, 5.41) is 6.35. The fraction of sp³-hybridized carbons (Fsp3) is 0.150. The van der Waals surface area contributed by atoms with Gasteiger partial charge in [-0.25, -0.2) is 0 Å². The summed E-state index contributed by atoms with van der Waals surface area (Å²) in [6.07, 6.45) is 0. The maximum atomic E-state index is 12.5. The van der Waals surface area contributed by atoms with Crippen LogP contribution in [0.3, 0.4) is 0 Å². The molecule has 0 atom stereocenters. The van der Waals surface area contributed by atoms with Crippen molar-refractivity contribution in [2.75, 3.05) is 10.6 Å². The number of rotatable bonds is 4. The number of hydrogen-bond donors (Lipinski definition) is 2.